The summed E-state index contributed by atoms with van der Waals surface area (Å²) < 4.78 is 15.9. The molecule has 10 heteroatoms. The molecule has 0 saturated heterocycles. The van der Waals surface area contributed by atoms with Gasteiger partial charge in [0, 0.05) is 12.1 Å². The number of hydrazone groups is 1. The Bertz CT molecular complexity index is 1370. The quantitative estimate of drug-likeness (QED) is 0.379. The summed E-state index contributed by atoms with van der Waals surface area (Å²) in [5.41, 5.74) is 3.50. The zero-order valence-electron chi connectivity index (χ0n) is 15.8. The van der Waals surface area contributed by atoms with Crippen LogP contribution in [0.1, 0.15) is 11.1 Å². The highest BCUT2D eigenvalue weighted by Gasteiger charge is 2.18. The van der Waals surface area contributed by atoms with Crippen LogP contribution in [0.15, 0.2) is 63.2 Å². The summed E-state index contributed by atoms with van der Waals surface area (Å²) in [4.78, 5) is 31.2. The van der Waals surface area contributed by atoms with Crippen LogP contribution in [0, 0.1) is 5.82 Å². The molecule has 0 spiro atoms. The number of anilines is 1. The Balaban J connectivity index is 1.79. The second kappa shape index (κ2) is 7.96. The molecule has 4 aromatic rings. The Labute approximate surface area is 174 Å². The molecule has 0 unspecified atom stereocenters. The van der Waals surface area contributed by atoms with Gasteiger partial charge in [0.2, 0.25) is 5.95 Å². The molecule has 0 aliphatic rings. The van der Waals surface area contributed by atoms with E-state index < -0.39 is 11.2 Å². The van der Waals surface area contributed by atoms with Gasteiger partial charge in [0.25, 0.3) is 5.56 Å². The molecular weight excluding hydrogens is 411 g/mol. The van der Waals surface area contributed by atoms with Gasteiger partial charge in [-0.3, -0.25) is 18.9 Å². The Hall–Kier alpha value is -3.72. The van der Waals surface area contributed by atoms with E-state index in [1.165, 1.54) is 30.0 Å². The van der Waals surface area contributed by atoms with E-state index in [0.717, 1.165) is 5.56 Å². The van der Waals surface area contributed by atoms with Crippen molar-refractivity contribution < 1.29 is 4.39 Å². The average molecular weight is 427 g/mol. The largest absolute Gasteiger partial charge is 0.329 e. The predicted molar refractivity (Wildman–Crippen MR) is 114 cm³/mol. The monoisotopic (exact) mass is 426 g/mol. The fourth-order valence-electron chi connectivity index (χ4n) is 2.98. The number of nitrogens with one attached hydrogen (secondary N) is 2. The first-order valence-corrected chi connectivity index (χ1v) is 9.29. The van der Waals surface area contributed by atoms with Crippen LogP contribution in [0.4, 0.5) is 10.3 Å². The lowest BCUT2D eigenvalue weighted by Crippen LogP contribution is -2.29. The zero-order chi connectivity index (χ0) is 21.3. The molecule has 0 atom stereocenters. The van der Waals surface area contributed by atoms with Crippen molar-refractivity contribution in [2.75, 3.05) is 5.43 Å². The fourth-order valence-corrected chi connectivity index (χ4v) is 3.18. The fraction of sp³-hybridized carbons (Fsp3) is 0.100. The van der Waals surface area contributed by atoms with E-state index in [-0.39, 0.29) is 29.5 Å². The lowest BCUT2D eigenvalue weighted by Gasteiger charge is -2.09. The number of nitrogens with zero attached hydrogens (tertiary/aromatic N) is 4. The summed E-state index contributed by atoms with van der Waals surface area (Å²) in [6.45, 7) is 0.228. The minimum Gasteiger partial charge on any atom is -0.298 e. The van der Waals surface area contributed by atoms with Crippen molar-refractivity contribution in [3.63, 3.8) is 0 Å². The van der Waals surface area contributed by atoms with Gasteiger partial charge in [-0.2, -0.15) is 10.1 Å². The molecule has 4 rings (SSSR count). The summed E-state index contributed by atoms with van der Waals surface area (Å²) >= 11 is 6.28. The topological polar surface area (TPSA) is 97.1 Å². The van der Waals surface area contributed by atoms with E-state index >= 15 is 0 Å². The molecule has 0 saturated carbocycles. The third-order valence-electron chi connectivity index (χ3n) is 4.54. The Morgan fingerprint density at radius 1 is 1.20 bits per heavy atom. The van der Waals surface area contributed by atoms with Crippen LogP contribution in [-0.2, 0) is 13.6 Å². The first-order valence-electron chi connectivity index (χ1n) is 8.91. The van der Waals surface area contributed by atoms with Crippen molar-refractivity contribution in [3.05, 3.63) is 91.3 Å². The molecule has 0 aliphatic carbocycles. The van der Waals surface area contributed by atoms with Crippen molar-refractivity contribution in [2.45, 2.75) is 6.54 Å². The summed E-state index contributed by atoms with van der Waals surface area (Å²) in [6, 6.07) is 13.0. The van der Waals surface area contributed by atoms with Gasteiger partial charge in [0.1, 0.15) is 5.82 Å². The number of aromatic nitrogens is 4. The van der Waals surface area contributed by atoms with Crippen LogP contribution in [0.3, 0.4) is 0 Å². The number of hydrogen-bond acceptors (Lipinski definition) is 5. The van der Waals surface area contributed by atoms with Crippen LogP contribution in [-0.4, -0.2) is 25.3 Å². The molecule has 2 heterocycles. The number of hydrogen-bond donors (Lipinski definition) is 2. The third kappa shape index (κ3) is 3.74. The second-order valence-electron chi connectivity index (χ2n) is 6.53. The standard InChI is InChI=1S/C20H16ClFN6O2/c1-27-17-16(18(29)25-20(27)30)28(11-13-4-2-3-5-15(13)21)19(24-17)26-23-10-12-6-8-14(22)9-7-12/h2-10H,11H2,1H3,(H,24,26)(H,25,29,30)/b23-10+. The second-order valence-corrected chi connectivity index (χ2v) is 6.93. The molecule has 0 fully saturated rings. The van der Waals surface area contributed by atoms with Gasteiger partial charge < -0.3 is 0 Å². The SMILES string of the molecule is Cn1c(=O)[nH]c(=O)c2c1nc(N/N=C/c1ccc(F)cc1)n2Cc1ccccc1Cl. The van der Waals surface area contributed by atoms with Crippen LogP contribution in [0.5, 0.6) is 0 Å². The van der Waals surface area contributed by atoms with Gasteiger partial charge in [0.15, 0.2) is 11.2 Å². The summed E-state index contributed by atoms with van der Waals surface area (Å²) in [5.74, 6) is -0.100. The molecule has 2 aromatic heterocycles. The van der Waals surface area contributed by atoms with Gasteiger partial charge in [-0.25, -0.2) is 14.6 Å². The summed E-state index contributed by atoms with van der Waals surface area (Å²) in [6.07, 6.45) is 1.49. The third-order valence-corrected chi connectivity index (χ3v) is 4.91. The number of aryl methyl sites for hydroxylation is 1. The molecular formula is C20H16ClFN6O2. The first-order chi connectivity index (χ1) is 14.4. The van der Waals surface area contributed by atoms with Crippen LogP contribution >= 0.6 is 11.6 Å². The number of rotatable bonds is 5. The first kappa shape index (κ1) is 19.6. The van der Waals surface area contributed by atoms with E-state index in [9.17, 15) is 14.0 Å². The van der Waals surface area contributed by atoms with Crippen LogP contribution in [0.25, 0.3) is 11.2 Å². The lowest BCUT2D eigenvalue weighted by atomic mass is 10.2. The number of H-pyrrole nitrogens is 1. The number of halogens is 2. The van der Waals surface area contributed by atoms with Gasteiger partial charge in [-0.05, 0) is 29.3 Å². The molecule has 2 aromatic carbocycles. The molecule has 0 aliphatic heterocycles. The van der Waals surface area contributed by atoms with Crippen molar-refractivity contribution in [3.8, 4) is 0 Å². The molecule has 30 heavy (non-hydrogen) atoms. The summed E-state index contributed by atoms with van der Waals surface area (Å²) in [7, 11) is 1.51. The van der Waals surface area contributed by atoms with Gasteiger partial charge in [0.05, 0.1) is 12.8 Å². The van der Waals surface area contributed by atoms with Gasteiger partial charge in [-0.1, -0.05) is 41.9 Å². The highest BCUT2D eigenvalue weighted by Crippen LogP contribution is 2.21. The van der Waals surface area contributed by atoms with Crippen LogP contribution in [0.2, 0.25) is 5.02 Å². The number of imidazole rings is 1. The molecule has 0 radical (unpaired) electrons. The van der Waals surface area contributed by atoms with E-state index in [2.05, 4.69) is 20.5 Å². The van der Waals surface area contributed by atoms with Crippen molar-refractivity contribution in [1.82, 2.24) is 19.1 Å². The number of fused-ring (bicyclic) bond motifs is 1. The van der Waals surface area contributed by atoms with Crippen molar-refractivity contribution in [2.24, 2.45) is 12.1 Å². The smallest absolute Gasteiger partial charge is 0.298 e. The summed E-state index contributed by atoms with van der Waals surface area (Å²) in [5, 5.41) is 4.66. The molecule has 152 valence electrons. The van der Waals surface area contributed by atoms with Crippen molar-refractivity contribution >= 4 is 34.9 Å². The highest BCUT2D eigenvalue weighted by atomic mass is 35.5. The maximum Gasteiger partial charge on any atom is 0.329 e. The van der Waals surface area contributed by atoms with E-state index in [1.54, 1.807) is 28.8 Å². The Kier molecular flexibility index (Phi) is 5.20. The van der Waals surface area contributed by atoms with Gasteiger partial charge >= 0.3 is 5.69 Å². The molecule has 8 nitrogen and oxygen atoms in total. The normalized spacial score (nSPS) is 11.4. The minimum absolute atomic E-state index is 0.204. The number of benzene rings is 2. The Morgan fingerprint density at radius 2 is 1.93 bits per heavy atom. The molecule has 0 amide bonds. The highest BCUT2D eigenvalue weighted by molar-refractivity contribution is 6.31. The molecule has 2 N–H and O–H groups in total. The van der Waals surface area contributed by atoms with E-state index in [0.29, 0.717) is 10.6 Å². The minimum atomic E-state index is -0.573. The average Bonchev–Trinajstić information content (AvgIpc) is 3.08. The Morgan fingerprint density at radius 3 is 2.67 bits per heavy atom. The molecule has 0 bridgehead atoms. The number of aromatic amines is 1. The maximum absolute atomic E-state index is 13.0. The predicted octanol–water partition coefficient (Wildman–Crippen LogP) is 2.71. The van der Waals surface area contributed by atoms with Gasteiger partial charge in [-0.15, -0.1) is 0 Å². The van der Waals surface area contributed by atoms with E-state index in [1.807, 2.05) is 12.1 Å². The van der Waals surface area contributed by atoms with E-state index in [4.69, 9.17) is 11.6 Å². The van der Waals surface area contributed by atoms with Crippen molar-refractivity contribution in [1.29, 1.82) is 0 Å². The maximum atomic E-state index is 13.0. The lowest BCUT2D eigenvalue weighted by molar-refractivity contribution is 0.628. The zero-order valence-corrected chi connectivity index (χ0v) is 16.5. The van der Waals surface area contributed by atoms with Crippen LogP contribution < -0.4 is 16.7 Å².